The molecule has 2 aliphatic heterocycles. The van der Waals surface area contributed by atoms with Crippen molar-refractivity contribution in [1.29, 1.82) is 0 Å². The molecular formula is C33H44N4O4. The first-order chi connectivity index (χ1) is 20.3. The molecule has 8 nitrogen and oxygen atoms in total. The molecule has 3 heterocycles. The summed E-state index contributed by atoms with van der Waals surface area (Å²) in [5.74, 6) is 0.870. The van der Waals surface area contributed by atoms with Gasteiger partial charge in [0.15, 0.2) is 0 Å². The number of ether oxygens (including phenoxy) is 4. The summed E-state index contributed by atoms with van der Waals surface area (Å²) < 4.78 is 22.6. The largest absolute Gasteiger partial charge is 0.497 e. The fourth-order valence-electron chi connectivity index (χ4n) is 5.43. The number of hydrogen-bond acceptors (Lipinski definition) is 8. The molecule has 2 fully saturated rings. The van der Waals surface area contributed by atoms with Gasteiger partial charge < -0.3 is 28.7 Å². The highest BCUT2D eigenvalue weighted by Gasteiger charge is 2.15. The molecule has 3 aromatic rings. The molecule has 0 saturated carbocycles. The smallest absolute Gasteiger partial charge is 0.119 e. The van der Waals surface area contributed by atoms with Crippen LogP contribution in [0.5, 0.6) is 5.75 Å². The quantitative estimate of drug-likeness (QED) is 0.247. The maximum atomic E-state index is 5.92. The lowest BCUT2D eigenvalue weighted by molar-refractivity contribution is 0.00553. The number of morpholine rings is 1. The Labute approximate surface area is 244 Å². The topological polar surface area (TPSA) is 59.5 Å². The van der Waals surface area contributed by atoms with Crippen LogP contribution in [0.2, 0.25) is 0 Å². The van der Waals surface area contributed by atoms with E-state index in [1.165, 1.54) is 29.7 Å². The van der Waals surface area contributed by atoms with Crippen LogP contribution in [0.3, 0.4) is 0 Å². The SMILES string of the molecule is COc1cccc(CN(Cc2cccc(N3CCCC3)c2)c2ccnc(COCCOCCN3CCOCC3)c2)c1. The minimum absolute atomic E-state index is 0.456. The number of pyridine rings is 1. The van der Waals surface area contributed by atoms with Gasteiger partial charge in [0.2, 0.25) is 0 Å². The van der Waals surface area contributed by atoms with E-state index in [2.05, 4.69) is 74.3 Å². The summed E-state index contributed by atoms with van der Waals surface area (Å²) in [7, 11) is 1.71. The van der Waals surface area contributed by atoms with Crippen molar-refractivity contribution in [2.75, 3.05) is 82.7 Å². The lowest BCUT2D eigenvalue weighted by Gasteiger charge is -2.27. The van der Waals surface area contributed by atoms with Gasteiger partial charge in [-0.1, -0.05) is 24.3 Å². The summed E-state index contributed by atoms with van der Waals surface area (Å²) in [4.78, 5) is 11.9. The zero-order valence-electron chi connectivity index (χ0n) is 24.4. The minimum Gasteiger partial charge on any atom is -0.497 e. The van der Waals surface area contributed by atoms with E-state index in [1.54, 1.807) is 7.11 Å². The number of nitrogens with zero attached hydrogens (tertiary/aromatic N) is 4. The fraction of sp³-hybridized carbons (Fsp3) is 0.485. The zero-order valence-corrected chi connectivity index (χ0v) is 24.4. The molecule has 0 amide bonds. The Morgan fingerprint density at radius 2 is 1.59 bits per heavy atom. The Bertz CT molecular complexity index is 1200. The predicted molar refractivity (Wildman–Crippen MR) is 163 cm³/mol. The molecule has 0 N–H and O–H groups in total. The van der Waals surface area contributed by atoms with E-state index < -0.39 is 0 Å². The summed E-state index contributed by atoms with van der Waals surface area (Å²) in [5.41, 5.74) is 5.84. The van der Waals surface area contributed by atoms with Crippen LogP contribution in [-0.2, 0) is 33.9 Å². The van der Waals surface area contributed by atoms with Gasteiger partial charge in [0.1, 0.15) is 5.75 Å². The number of benzene rings is 2. The van der Waals surface area contributed by atoms with Crippen LogP contribution in [0.15, 0.2) is 66.9 Å². The van der Waals surface area contributed by atoms with E-state index in [1.807, 2.05) is 12.3 Å². The average molecular weight is 561 g/mol. The highest BCUT2D eigenvalue weighted by molar-refractivity contribution is 5.52. The van der Waals surface area contributed by atoms with Gasteiger partial charge in [-0.15, -0.1) is 0 Å². The highest BCUT2D eigenvalue weighted by Crippen LogP contribution is 2.26. The van der Waals surface area contributed by atoms with Gasteiger partial charge in [-0.2, -0.15) is 0 Å². The highest BCUT2D eigenvalue weighted by atomic mass is 16.5. The first kappa shape index (κ1) is 29.3. The van der Waals surface area contributed by atoms with Crippen LogP contribution in [0.4, 0.5) is 11.4 Å². The van der Waals surface area contributed by atoms with Crippen molar-refractivity contribution in [2.45, 2.75) is 32.5 Å². The van der Waals surface area contributed by atoms with E-state index in [-0.39, 0.29) is 0 Å². The number of methoxy groups -OCH3 is 1. The Hall–Kier alpha value is -3.17. The third-order valence-electron chi connectivity index (χ3n) is 7.71. The number of rotatable bonds is 15. The van der Waals surface area contributed by atoms with Gasteiger partial charge in [0.25, 0.3) is 0 Å². The van der Waals surface area contributed by atoms with Crippen LogP contribution < -0.4 is 14.5 Å². The number of hydrogen-bond donors (Lipinski definition) is 0. The molecular weight excluding hydrogens is 516 g/mol. The van der Waals surface area contributed by atoms with E-state index in [0.717, 1.165) is 82.8 Å². The molecule has 0 unspecified atom stereocenters. The minimum atomic E-state index is 0.456. The normalized spacial score (nSPS) is 15.8. The molecule has 0 spiro atoms. The maximum Gasteiger partial charge on any atom is 0.119 e. The molecule has 2 saturated heterocycles. The molecule has 2 aliphatic rings. The van der Waals surface area contributed by atoms with Gasteiger partial charge in [-0.05, 0) is 60.4 Å². The molecule has 0 aliphatic carbocycles. The Kier molecular flexibility index (Phi) is 11.2. The molecule has 2 aromatic carbocycles. The van der Waals surface area contributed by atoms with Gasteiger partial charge in [-0.25, -0.2) is 0 Å². The Morgan fingerprint density at radius 1 is 0.829 bits per heavy atom. The second-order valence-electron chi connectivity index (χ2n) is 10.7. The molecule has 220 valence electrons. The first-order valence-electron chi connectivity index (χ1n) is 14.9. The predicted octanol–water partition coefficient (Wildman–Crippen LogP) is 4.76. The molecule has 8 heteroatoms. The summed E-state index contributed by atoms with van der Waals surface area (Å²) >= 11 is 0. The second-order valence-corrected chi connectivity index (χ2v) is 10.7. The van der Waals surface area contributed by atoms with Crippen molar-refractivity contribution >= 4 is 11.4 Å². The Morgan fingerprint density at radius 3 is 2.39 bits per heavy atom. The molecule has 5 rings (SSSR count). The number of anilines is 2. The van der Waals surface area contributed by atoms with Crippen LogP contribution in [0.1, 0.15) is 29.7 Å². The first-order valence-corrected chi connectivity index (χ1v) is 14.9. The van der Waals surface area contributed by atoms with Crippen LogP contribution >= 0.6 is 0 Å². The van der Waals surface area contributed by atoms with Crippen molar-refractivity contribution in [1.82, 2.24) is 9.88 Å². The van der Waals surface area contributed by atoms with Crippen molar-refractivity contribution in [3.8, 4) is 5.75 Å². The zero-order chi connectivity index (χ0) is 28.1. The van der Waals surface area contributed by atoms with Crippen LogP contribution in [0, 0.1) is 0 Å². The summed E-state index contributed by atoms with van der Waals surface area (Å²) in [6.45, 7) is 10.7. The van der Waals surface area contributed by atoms with E-state index in [0.29, 0.717) is 19.8 Å². The van der Waals surface area contributed by atoms with Crippen molar-refractivity contribution in [2.24, 2.45) is 0 Å². The van der Waals surface area contributed by atoms with Crippen LogP contribution in [0.25, 0.3) is 0 Å². The molecule has 0 bridgehead atoms. The average Bonchev–Trinajstić information content (AvgIpc) is 3.57. The summed E-state index contributed by atoms with van der Waals surface area (Å²) in [6.07, 6.45) is 4.43. The van der Waals surface area contributed by atoms with Crippen molar-refractivity contribution in [3.63, 3.8) is 0 Å². The van der Waals surface area contributed by atoms with Crippen molar-refractivity contribution < 1.29 is 18.9 Å². The fourth-order valence-corrected chi connectivity index (χ4v) is 5.43. The lowest BCUT2D eigenvalue weighted by atomic mass is 10.1. The van der Waals surface area contributed by atoms with Gasteiger partial charge >= 0.3 is 0 Å². The van der Waals surface area contributed by atoms with E-state index >= 15 is 0 Å². The van der Waals surface area contributed by atoms with Gasteiger partial charge in [-0.3, -0.25) is 9.88 Å². The van der Waals surface area contributed by atoms with Gasteiger partial charge in [0.05, 0.1) is 52.4 Å². The summed E-state index contributed by atoms with van der Waals surface area (Å²) in [6, 6.07) is 21.5. The van der Waals surface area contributed by atoms with Crippen molar-refractivity contribution in [3.05, 3.63) is 83.7 Å². The van der Waals surface area contributed by atoms with Crippen LogP contribution in [-0.4, -0.2) is 82.8 Å². The second kappa shape index (κ2) is 15.7. The molecule has 0 atom stereocenters. The molecule has 41 heavy (non-hydrogen) atoms. The van der Waals surface area contributed by atoms with E-state index in [9.17, 15) is 0 Å². The third kappa shape index (κ3) is 9.16. The Balaban J connectivity index is 1.19. The lowest BCUT2D eigenvalue weighted by Crippen LogP contribution is -2.38. The van der Waals surface area contributed by atoms with Gasteiger partial charge in [0, 0.05) is 63.4 Å². The maximum absolute atomic E-state index is 5.92. The summed E-state index contributed by atoms with van der Waals surface area (Å²) in [5, 5.41) is 0. The van der Waals surface area contributed by atoms with E-state index in [4.69, 9.17) is 18.9 Å². The third-order valence-corrected chi connectivity index (χ3v) is 7.71. The number of aromatic nitrogens is 1. The standard InChI is InChI=1S/C33H44N4O4/c1-38-33-9-5-7-29(23-33)26-37(25-28-6-4-8-31(22-28)36-12-2-3-13-36)32-10-11-34-30(24-32)27-41-21-20-40-19-16-35-14-17-39-18-15-35/h4-11,22-24H,2-3,12-21,25-27H2,1H3. The monoisotopic (exact) mass is 560 g/mol. The molecule has 0 radical (unpaired) electrons. The molecule has 1 aromatic heterocycles.